The Morgan fingerprint density at radius 3 is 1.14 bits per heavy atom. The van der Waals surface area contributed by atoms with Crippen molar-refractivity contribution in [1.29, 1.82) is 0 Å². The lowest BCUT2D eigenvalue weighted by atomic mass is 10.2. The monoisotopic (exact) mass is 445 g/mol. The van der Waals surface area contributed by atoms with Crippen LogP contribution < -0.4 is 0 Å². The van der Waals surface area contributed by atoms with E-state index in [4.69, 9.17) is 0 Å². The van der Waals surface area contributed by atoms with Crippen LogP contribution in [0, 0.1) is 0 Å². The Morgan fingerprint density at radius 1 is 0.655 bits per heavy atom. The summed E-state index contributed by atoms with van der Waals surface area (Å²) in [7, 11) is -9.08. The van der Waals surface area contributed by atoms with Gasteiger partial charge < -0.3 is 40.9 Å². The largest absolute Gasteiger partial charge is 0.480 e. The van der Waals surface area contributed by atoms with E-state index in [-0.39, 0.29) is 0 Å². The van der Waals surface area contributed by atoms with Gasteiger partial charge in [0.25, 0.3) is 4.87 Å². The molecule has 0 aliphatic carbocycles. The van der Waals surface area contributed by atoms with Gasteiger partial charge in [0.2, 0.25) is 0 Å². The molecule has 162 valence electrons. The third-order valence-electron chi connectivity index (χ3n) is 4.99. The van der Waals surface area contributed by atoms with Crippen LogP contribution in [0.1, 0.15) is 0 Å². The molecule has 0 saturated carbocycles. The number of nitrogens with zero attached hydrogens (tertiary/aromatic N) is 1. The van der Waals surface area contributed by atoms with Crippen LogP contribution in [-0.4, -0.2) is 108 Å². The van der Waals surface area contributed by atoms with Gasteiger partial charge in [0.05, 0.1) is 8.29 Å². The Labute approximate surface area is 155 Å². The third-order valence-corrected chi connectivity index (χ3v) is 12.1. The molecule has 0 aromatic carbocycles. The first-order valence-corrected chi connectivity index (χ1v) is 9.25. The number of carboxylic acid groups (broad SMARTS) is 8. The van der Waals surface area contributed by atoms with Crippen molar-refractivity contribution in [3.8, 4) is 0 Å². The van der Waals surface area contributed by atoms with E-state index in [0.717, 1.165) is 0 Å². The second-order valence-corrected chi connectivity index (χ2v) is 11.5. The van der Waals surface area contributed by atoms with E-state index in [2.05, 4.69) is 0 Å². The van der Waals surface area contributed by atoms with Crippen LogP contribution in [0.2, 0.25) is 0 Å². The summed E-state index contributed by atoms with van der Waals surface area (Å²) >= 11 is 0. The van der Waals surface area contributed by atoms with Gasteiger partial charge in [-0.25, -0.2) is 38.4 Å². The van der Waals surface area contributed by atoms with Crippen LogP contribution in [0.3, 0.4) is 0 Å². The van der Waals surface area contributed by atoms with Gasteiger partial charge >= 0.3 is 45.2 Å². The first kappa shape index (κ1) is 23.0. The summed E-state index contributed by atoms with van der Waals surface area (Å²) in [4.78, 5) is 89.3. The van der Waals surface area contributed by atoms with Crippen LogP contribution in [-0.2, 0) is 14.4 Å². The number of amides is 1. The Balaban J connectivity index is 4.97. The van der Waals surface area contributed by atoms with E-state index in [1.165, 1.54) is 0 Å². The van der Waals surface area contributed by atoms with Gasteiger partial charge in [-0.15, -0.1) is 0 Å². The first-order chi connectivity index (χ1) is 12.9. The lowest BCUT2D eigenvalue weighted by molar-refractivity contribution is -0.160. The standard InChI is InChI=1S/C11H11NO16S/c13-3(14)2-1-29(7(21)22,8(23)24,9(25)26,10(27)28)11(4(15)16,5(17)18)12(2)6(19)20/h2H,1H2,(H,13,14)(H,15,16)(H,17,18)(H,19,20)(H,21,22)(H,23,24)(H,25,26)(H,27,28)/t2-/m1/s1. The maximum Gasteiger partial charge on any atom is 0.410 e. The number of carboxylic acids is 3. The molecule has 17 nitrogen and oxygen atoms in total. The van der Waals surface area contributed by atoms with Crippen molar-refractivity contribution < 1.29 is 79.2 Å². The van der Waals surface area contributed by atoms with Gasteiger partial charge in [0.15, 0.2) is 0 Å². The average molecular weight is 445 g/mol. The second-order valence-electron chi connectivity index (χ2n) is 5.73. The van der Waals surface area contributed by atoms with Crippen LogP contribution in [0.4, 0.5) is 24.0 Å². The molecule has 29 heavy (non-hydrogen) atoms. The summed E-state index contributed by atoms with van der Waals surface area (Å²) in [6.45, 7) is 0. The minimum absolute atomic E-state index is 1.29. The second kappa shape index (κ2) is 5.47. The molecule has 1 fully saturated rings. The molecule has 0 spiro atoms. The van der Waals surface area contributed by atoms with Gasteiger partial charge in [-0.2, -0.15) is 0 Å². The molecular weight excluding hydrogens is 434 g/mol. The number of hydrogen-bond donors (Lipinski definition) is 8. The first-order valence-electron chi connectivity index (χ1n) is 6.63. The van der Waals surface area contributed by atoms with Crippen LogP contribution in [0.25, 0.3) is 0 Å². The minimum atomic E-state index is -9.08. The molecule has 1 aliphatic heterocycles. The molecule has 0 aromatic heterocycles. The SMILES string of the molecule is O=C(O)[C@H]1CS(C(=O)O)(C(=O)O)(C(=O)O)(C(=O)O)C(C(=O)O)(C(=O)O)N1C(=O)O. The molecule has 0 bridgehead atoms. The third kappa shape index (κ3) is 1.49. The molecule has 8 N–H and O–H groups in total. The van der Waals surface area contributed by atoms with Gasteiger partial charge in [-0.05, 0) is 0 Å². The summed E-state index contributed by atoms with van der Waals surface area (Å²) in [5, 5.41) is 62.0. The minimum Gasteiger partial charge on any atom is -0.480 e. The highest BCUT2D eigenvalue weighted by Gasteiger charge is 3.06. The quantitative estimate of drug-likeness (QED) is 0.262. The van der Waals surface area contributed by atoms with Crippen LogP contribution >= 0.6 is 8.29 Å². The predicted molar refractivity (Wildman–Crippen MR) is 83.8 cm³/mol. The van der Waals surface area contributed by atoms with Crippen molar-refractivity contribution in [3.63, 3.8) is 0 Å². The molecule has 0 unspecified atom stereocenters. The molecular formula is C11H11NO16S. The van der Waals surface area contributed by atoms with E-state index in [1.54, 1.807) is 0 Å². The molecule has 1 rings (SSSR count). The molecule has 1 heterocycles. The van der Waals surface area contributed by atoms with Crippen molar-refractivity contribution >= 4 is 53.5 Å². The van der Waals surface area contributed by atoms with E-state index in [0.29, 0.717) is 0 Å². The highest BCUT2D eigenvalue weighted by Crippen LogP contribution is 3.00. The number of hydrogen-bond acceptors (Lipinski definition) is 8. The smallest absolute Gasteiger partial charge is 0.410 e. The van der Waals surface area contributed by atoms with Crippen molar-refractivity contribution in [2.24, 2.45) is 0 Å². The highest BCUT2D eigenvalue weighted by molar-refractivity contribution is 8.99. The normalized spacial score (nSPS) is 25.1. The lowest BCUT2D eigenvalue weighted by Gasteiger charge is -2.64. The van der Waals surface area contributed by atoms with E-state index in [9.17, 15) is 79.2 Å². The van der Waals surface area contributed by atoms with Crippen LogP contribution in [0.15, 0.2) is 0 Å². The molecule has 1 saturated heterocycles. The molecule has 0 aromatic rings. The maximum atomic E-state index is 12.2. The fourth-order valence-electron chi connectivity index (χ4n) is 3.53. The van der Waals surface area contributed by atoms with Gasteiger partial charge in [0, 0.05) is 5.75 Å². The number of rotatable bonds is 3. The highest BCUT2D eigenvalue weighted by atomic mass is 32.4. The number of carbonyl (C=O) groups is 8. The molecule has 0 radical (unpaired) electrons. The fourth-order valence-corrected chi connectivity index (χ4v) is 9.02. The summed E-state index contributed by atoms with van der Waals surface area (Å²) in [6, 6.07) is -3.30. The van der Waals surface area contributed by atoms with Crippen molar-refractivity contribution in [1.82, 2.24) is 4.90 Å². The Hall–Kier alpha value is -4.09. The van der Waals surface area contributed by atoms with Crippen LogP contribution in [0.5, 0.6) is 0 Å². The predicted octanol–water partition coefficient (Wildman–Crippen LogP) is -0.113. The molecule has 18 heteroatoms. The van der Waals surface area contributed by atoms with Gasteiger partial charge in [-0.1, -0.05) is 0 Å². The summed E-state index contributed by atoms with van der Waals surface area (Å²) in [6.07, 6.45) is -2.91. The molecule has 1 amide bonds. The Bertz CT molecular complexity index is 861. The van der Waals surface area contributed by atoms with E-state index in [1.807, 2.05) is 0 Å². The topological polar surface area (TPSA) is 302 Å². The summed E-state index contributed by atoms with van der Waals surface area (Å²) < 4.78 is 0. The van der Waals surface area contributed by atoms with Crippen molar-refractivity contribution in [2.45, 2.75) is 10.9 Å². The number of aliphatic carboxylic acids is 3. The molecule has 1 atom stereocenters. The Kier molecular flexibility index (Phi) is 4.33. The average Bonchev–Trinajstić information content (AvgIpc) is 2.84. The van der Waals surface area contributed by atoms with Gasteiger partial charge in [0.1, 0.15) is 6.04 Å². The van der Waals surface area contributed by atoms with E-state index < -0.39 is 75.1 Å². The van der Waals surface area contributed by atoms with Gasteiger partial charge in [-0.3, -0.25) is 4.90 Å². The maximum absolute atomic E-state index is 12.2. The fraction of sp³-hybridized carbons (Fsp3) is 0.273. The zero-order chi connectivity index (χ0) is 23.4. The molecule has 1 aliphatic rings. The Morgan fingerprint density at radius 2 is 0.966 bits per heavy atom. The van der Waals surface area contributed by atoms with Crippen molar-refractivity contribution in [2.75, 3.05) is 5.75 Å². The van der Waals surface area contributed by atoms with Crippen molar-refractivity contribution in [3.05, 3.63) is 0 Å². The lowest BCUT2D eigenvalue weighted by Crippen LogP contribution is -2.78. The zero-order valence-corrected chi connectivity index (χ0v) is 14.3. The zero-order valence-electron chi connectivity index (χ0n) is 13.5. The summed E-state index contributed by atoms with van der Waals surface area (Å²) in [5.74, 6) is -12.0. The van der Waals surface area contributed by atoms with E-state index >= 15 is 0 Å². The summed E-state index contributed by atoms with van der Waals surface area (Å²) in [5.41, 5.74) is 0.